The summed E-state index contributed by atoms with van der Waals surface area (Å²) in [6, 6.07) is 0. The summed E-state index contributed by atoms with van der Waals surface area (Å²) in [7, 11) is 0. The van der Waals surface area contributed by atoms with Gasteiger partial charge in [0.25, 0.3) is 0 Å². The van der Waals surface area contributed by atoms with E-state index < -0.39 is 47.3 Å². The average Bonchev–Trinajstić information content (AvgIpc) is 2.10. The summed E-state index contributed by atoms with van der Waals surface area (Å²) < 4.78 is 103. The average molecular weight is 325 g/mol. The third-order valence-corrected chi connectivity index (χ3v) is 3.24. The third kappa shape index (κ3) is 2.79. The van der Waals surface area contributed by atoms with Crippen LogP contribution < -0.4 is 0 Å². The summed E-state index contributed by atoms with van der Waals surface area (Å²) in [5.74, 6) is -6.39. The standard InChI is InChI=1S/C8H6Cl2F8/c9-7(15,16)1-3(11)5(13)2(8(10,17)18)6(14)4(1)12/h1-6H. The molecule has 0 aliphatic heterocycles. The summed E-state index contributed by atoms with van der Waals surface area (Å²) in [6.45, 7) is 0. The Bertz CT molecular complexity index is 254. The molecule has 108 valence electrons. The van der Waals surface area contributed by atoms with E-state index in [9.17, 15) is 35.1 Å². The van der Waals surface area contributed by atoms with E-state index >= 15 is 0 Å². The Balaban J connectivity index is 3.11. The van der Waals surface area contributed by atoms with Crippen LogP contribution in [0.5, 0.6) is 0 Å². The van der Waals surface area contributed by atoms with Crippen molar-refractivity contribution in [2.75, 3.05) is 0 Å². The molecule has 10 heteroatoms. The number of hydrogen-bond acceptors (Lipinski definition) is 0. The van der Waals surface area contributed by atoms with Crippen LogP contribution in [0.3, 0.4) is 0 Å². The van der Waals surface area contributed by atoms with Gasteiger partial charge in [0, 0.05) is 0 Å². The lowest BCUT2D eigenvalue weighted by Crippen LogP contribution is -2.59. The lowest BCUT2D eigenvalue weighted by Gasteiger charge is -2.41. The second kappa shape index (κ2) is 4.85. The van der Waals surface area contributed by atoms with E-state index in [1.165, 1.54) is 0 Å². The molecule has 1 aliphatic rings. The molecule has 0 amide bonds. The van der Waals surface area contributed by atoms with Gasteiger partial charge in [-0.3, -0.25) is 0 Å². The molecule has 1 aliphatic carbocycles. The first-order valence-electron chi connectivity index (χ1n) is 4.58. The van der Waals surface area contributed by atoms with Gasteiger partial charge in [0.2, 0.25) is 0 Å². The molecule has 0 spiro atoms. The third-order valence-electron chi connectivity index (χ3n) is 2.74. The molecular weight excluding hydrogens is 319 g/mol. The summed E-state index contributed by atoms with van der Waals surface area (Å²) in [5, 5.41) is -9.22. The van der Waals surface area contributed by atoms with Gasteiger partial charge in [-0.2, -0.15) is 17.6 Å². The minimum absolute atomic E-state index is 3.19. The van der Waals surface area contributed by atoms with Crippen LogP contribution in [0.25, 0.3) is 0 Å². The summed E-state index contributed by atoms with van der Waals surface area (Å²) in [4.78, 5) is 0. The van der Waals surface area contributed by atoms with Crippen LogP contribution in [0.1, 0.15) is 0 Å². The SMILES string of the molecule is FC1C(F)C(C(F)(F)Cl)C(F)C(F)C1C(F)(F)Cl. The fraction of sp³-hybridized carbons (Fsp3) is 1.00. The molecule has 0 nitrogen and oxygen atoms in total. The quantitative estimate of drug-likeness (QED) is 0.526. The van der Waals surface area contributed by atoms with Crippen LogP contribution >= 0.6 is 23.2 Å². The van der Waals surface area contributed by atoms with Crippen LogP contribution in [0.15, 0.2) is 0 Å². The molecule has 0 heterocycles. The van der Waals surface area contributed by atoms with Gasteiger partial charge in [0.15, 0.2) is 0 Å². The van der Waals surface area contributed by atoms with Gasteiger partial charge >= 0.3 is 10.8 Å². The lowest BCUT2D eigenvalue weighted by atomic mass is 9.76. The number of hydrogen-bond donors (Lipinski definition) is 0. The molecule has 1 rings (SSSR count). The van der Waals surface area contributed by atoms with Gasteiger partial charge in [-0.25, -0.2) is 17.6 Å². The zero-order valence-electron chi connectivity index (χ0n) is 8.24. The zero-order valence-corrected chi connectivity index (χ0v) is 9.76. The number of halogens is 10. The largest absolute Gasteiger partial charge is 0.330 e. The Morgan fingerprint density at radius 3 is 0.833 bits per heavy atom. The van der Waals surface area contributed by atoms with Crippen LogP contribution in [-0.4, -0.2) is 35.5 Å². The Morgan fingerprint density at radius 2 is 0.722 bits per heavy atom. The second-order valence-electron chi connectivity index (χ2n) is 3.91. The van der Waals surface area contributed by atoms with Gasteiger partial charge in [0.1, 0.15) is 36.5 Å². The molecular formula is C8H6Cl2F8. The highest BCUT2D eigenvalue weighted by Crippen LogP contribution is 2.51. The molecule has 0 aromatic rings. The van der Waals surface area contributed by atoms with Crippen molar-refractivity contribution < 1.29 is 35.1 Å². The predicted molar refractivity (Wildman–Crippen MR) is 48.2 cm³/mol. The van der Waals surface area contributed by atoms with Gasteiger partial charge in [-0.05, 0) is 23.2 Å². The highest BCUT2D eigenvalue weighted by Gasteiger charge is 2.66. The van der Waals surface area contributed by atoms with Crippen molar-refractivity contribution in [1.29, 1.82) is 0 Å². The maximum atomic E-state index is 13.2. The fourth-order valence-corrected chi connectivity index (χ4v) is 2.35. The van der Waals surface area contributed by atoms with Gasteiger partial charge in [-0.15, -0.1) is 0 Å². The Labute approximate surface area is 106 Å². The van der Waals surface area contributed by atoms with Crippen molar-refractivity contribution in [1.82, 2.24) is 0 Å². The maximum absolute atomic E-state index is 13.2. The first-order chi connectivity index (χ1) is 7.89. The van der Waals surface area contributed by atoms with E-state index in [2.05, 4.69) is 23.2 Å². The van der Waals surface area contributed by atoms with Crippen molar-refractivity contribution in [3.05, 3.63) is 0 Å². The van der Waals surface area contributed by atoms with E-state index in [0.717, 1.165) is 0 Å². The van der Waals surface area contributed by atoms with Crippen molar-refractivity contribution >= 4 is 23.2 Å². The number of alkyl halides is 10. The zero-order chi connectivity index (χ0) is 14.5. The lowest BCUT2D eigenvalue weighted by molar-refractivity contribution is -0.176. The molecule has 0 bridgehead atoms. The Hall–Kier alpha value is 0.0200. The molecule has 0 aromatic heterocycles. The van der Waals surface area contributed by atoms with Crippen LogP contribution in [0.4, 0.5) is 35.1 Å². The molecule has 18 heavy (non-hydrogen) atoms. The monoisotopic (exact) mass is 324 g/mol. The maximum Gasteiger partial charge on any atom is 0.330 e. The highest BCUT2D eigenvalue weighted by molar-refractivity contribution is 6.22. The van der Waals surface area contributed by atoms with Crippen molar-refractivity contribution in [2.45, 2.75) is 35.5 Å². The second-order valence-corrected chi connectivity index (χ2v) is 4.92. The molecule has 1 saturated carbocycles. The summed E-state index contributed by atoms with van der Waals surface area (Å²) in [5.41, 5.74) is 0. The molecule has 0 saturated heterocycles. The summed E-state index contributed by atoms with van der Waals surface area (Å²) in [6.07, 6.45) is -13.6. The van der Waals surface area contributed by atoms with Crippen LogP contribution in [-0.2, 0) is 0 Å². The first kappa shape index (κ1) is 16.1. The normalized spacial score (nSPS) is 43.0. The van der Waals surface area contributed by atoms with Gasteiger partial charge < -0.3 is 0 Å². The molecule has 4 atom stereocenters. The van der Waals surface area contributed by atoms with E-state index in [-0.39, 0.29) is 0 Å². The van der Waals surface area contributed by atoms with Crippen molar-refractivity contribution in [3.63, 3.8) is 0 Å². The highest BCUT2D eigenvalue weighted by atomic mass is 35.5. The Kier molecular flexibility index (Phi) is 4.33. The van der Waals surface area contributed by atoms with E-state index in [4.69, 9.17) is 0 Å². The van der Waals surface area contributed by atoms with Crippen molar-refractivity contribution in [2.24, 2.45) is 11.8 Å². The smallest absolute Gasteiger partial charge is 0.244 e. The summed E-state index contributed by atoms with van der Waals surface area (Å²) >= 11 is 8.65. The first-order valence-corrected chi connectivity index (χ1v) is 5.34. The number of rotatable bonds is 2. The van der Waals surface area contributed by atoms with Crippen LogP contribution in [0, 0.1) is 11.8 Å². The minimum Gasteiger partial charge on any atom is -0.244 e. The van der Waals surface area contributed by atoms with Crippen molar-refractivity contribution in [3.8, 4) is 0 Å². The molecule has 1 fully saturated rings. The van der Waals surface area contributed by atoms with Gasteiger partial charge in [-0.1, -0.05) is 0 Å². The molecule has 0 aromatic carbocycles. The molecule has 4 unspecified atom stereocenters. The minimum atomic E-state index is -4.61. The van der Waals surface area contributed by atoms with E-state index in [1.54, 1.807) is 0 Å². The Morgan fingerprint density at radius 1 is 0.556 bits per heavy atom. The van der Waals surface area contributed by atoms with E-state index in [1.807, 2.05) is 0 Å². The molecule has 0 radical (unpaired) electrons. The molecule has 0 N–H and O–H groups in total. The topological polar surface area (TPSA) is 0 Å². The van der Waals surface area contributed by atoms with Gasteiger partial charge in [0.05, 0.1) is 0 Å². The predicted octanol–water partition coefficient (Wildman–Crippen LogP) is 4.25. The van der Waals surface area contributed by atoms with E-state index in [0.29, 0.717) is 0 Å². The van der Waals surface area contributed by atoms with Crippen LogP contribution in [0.2, 0.25) is 0 Å². The fourth-order valence-electron chi connectivity index (χ4n) is 1.87.